The number of amides is 1. The van der Waals surface area contributed by atoms with E-state index in [4.69, 9.17) is 0 Å². The van der Waals surface area contributed by atoms with Gasteiger partial charge in [-0.15, -0.1) is 0 Å². The van der Waals surface area contributed by atoms with Crippen molar-refractivity contribution in [3.63, 3.8) is 0 Å². The molecular weight excluding hydrogens is 214 g/mol. The molecule has 0 saturated carbocycles. The Morgan fingerprint density at radius 2 is 1.65 bits per heavy atom. The maximum absolute atomic E-state index is 12.1. The molecule has 0 bridgehead atoms. The van der Waals surface area contributed by atoms with E-state index in [2.05, 4.69) is 0 Å². The third-order valence-electron chi connectivity index (χ3n) is 3.21. The molecule has 1 aromatic carbocycles. The molecule has 0 atom stereocenters. The number of hydrogen-bond acceptors (Lipinski definition) is 2. The van der Waals surface area contributed by atoms with Gasteiger partial charge in [-0.3, -0.25) is 9.59 Å². The highest BCUT2D eigenvalue weighted by Crippen LogP contribution is 2.20. The van der Waals surface area contributed by atoms with Crippen LogP contribution in [0.3, 0.4) is 0 Å². The van der Waals surface area contributed by atoms with Gasteiger partial charge in [0.05, 0.1) is 5.92 Å². The fourth-order valence-corrected chi connectivity index (χ4v) is 2.18. The summed E-state index contributed by atoms with van der Waals surface area (Å²) in [7, 11) is 0. The van der Waals surface area contributed by atoms with Crippen molar-refractivity contribution in [1.82, 2.24) is 4.90 Å². The van der Waals surface area contributed by atoms with Crippen LogP contribution in [0.25, 0.3) is 0 Å². The molecule has 3 nitrogen and oxygen atoms in total. The molecule has 1 aliphatic rings. The Kier molecular flexibility index (Phi) is 3.01. The first-order valence-corrected chi connectivity index (χ1v) is 5.85. The summed E-state index contributed by atoms with van der Waals surface area (Å²) in [4.78, 5) is 25.0. The summed E-state index contributed by atoms with van der Waals surface area (Å²) < 4.78 is 0. The normalized spacial score (nSPS) is 15.6. The fraction of sp³-hybridized carbons (Fsp3) is 0.429. The number of hydrogen-bond donors (Lipinski definition) is 0. The number of rotatable bonds is 2. The number of Topliss-reactive ketones (excluding diaryl/α,β-unsaturated/α-hetero) is 1. The third kappa shape index (κ3) is 2.38. The van der Waals surface area contributed by atoms with Crippen LogP contribution in [0.4, 0.5) is 0 Å². The van der Waals surface area contributed by atoms with Crippen LogP contribution in [-0.4, -0.2) is 29.7 Å². The molecule has 2 rings (SSSR count). The van der Waals surface area contributed by atoms with Gasteiger partial charge in [0.25, 0.3) is 5.91 Å². The molecule has 0 N–H and O–H groups in total. The van der Waals surface area contributed by atoms with Crippen LogP contribution in [0, 0.1) is 19.8 Å². The zero-order valence-corrected chi connectivity index (χ0v) is 10.5. The van der Waals surface area contributed by atoms with E-state index in [1.165, 1.54) is 0 Å². The highest BCUT2D eigenvalue weighted by atomic mass is 16.2. The van der Waals surface area contributed by atoms with Crippen molar-refractivity contribution in [2.75, 3.05) is 13.1 Å². The molecule has 0 spiro atoms. The van der Waals surface area contributed by atoms with Crippen LogP contribution in [-0.2, 0) is 4.79 Å². The van der Waals surface area contributed by atoms with E-state index < -0.39 is 0 Å². The number of nitrogens with zero attached hydrogens (tertiary/aromatic N) is 1. The van der Waals surface area contributed by atoms with E-state index in [9.17, 15) is 9.59 Å². The Morgan fingerprint density at radius 1 is 1.12 bits per heavy atom. The molecule has 0 aromatic heterocycles. The molecule has 1 fully saturated rings. The number of carbonyl (C=O) groups is 2. The molecule has 1 aromatic rings. The molecule has 3 heteroatoms. The van der Waals surface area contributed by atoms with Crippen molar-refractivity contribution >= 4 is 11.7 Å². The highest BCUT2D eigenvalue weighted by molar-refractivity contribution is 5.96. The van der Waals surface area contributed by atoms with Gasteiger partial charge in [-0.05, 0) is 32.9 Å². The zero-order chi connectivity index (χ0) is 12.6. The molecular formula is C14H17NO2. The first-order valence-electron chi connectivity index (χ1n) is 5.85. The Bertz CT molecular complexity index is 453. The predicted octanol–water partition coefficient (Wildman–Crippen LogP) is 1.96. The topological polar surface area (TPSA) is 37.4 Å². The lowest BCUT2D eigenvalue weighted by Gasteiger charge is -2.37. The molecule has 90 valence electrons. The van der Waals surface area contributed by atoms with E-state index >= 15 is 0 Å². The minimum atomic E-state index is 0.0364. The van der Waals surface area contributed by atoms with Gasteiger partial charge in [0.2, 0.25) is 0 Å². The van der Waals surface area contributed by atoms with E-state index in [0.29, 0.717) is 13.1 Å². The van der Waals surface area contributed by atoms with Gasteiger partial charge >= 0.3 is 0 Å². The van der Waals surface area contributed by atoms with E-state index in [1.54, 1.807) is 11.8 Å². The summed E-state index contributed by atoms with van der Waals surface area (Å²) in [6, 6.07) is 5.85. The summed E-state index contributed by atoms with van der Waals surface area (Å²) in [5, 5.41) is 0. The van der Waals surface area contributed by atoms with Crippen molar-refractivity contribution in [1.29, 1.82) is 0 Å². The third-order valence-corrected chi connectivity index (χ3v) is 3.21. The second-order valence-electron chi connectivity index (χ2n) is 4.89. The van der Waals surface area contributed by atoms with Gasteiger partial charge in [0.15, 0.2) is 0 Å². The van der Waals surface area contributed by atoms with E-state index in [0.717, 1.165) is 16.7 Å². The van der Waals surface area contributed by atoms with Gasteiger partial charge in [0, 0.05) is 18.7 Å². The maximum atomic E-state index is 12.1. The Morgan fingerprint density at radius 3 is 2.12 bits per heavy atom. The van der Waals surface area contributed by atoms with Gasteiger partial charge in [-0.25, -0.2) is 0 Å². The Labute approximate surface area is 101 Å². The molecule has 17 heavy (non-hydrogen) atoms. The van der Waals surface area contributed by atoms with Gasteiger partial charge in [0.1, 0.15) is 5.78 Å². The highest BCUT2D eigenvalue weighted by Gasteiger charge is 2.33. The first kappa shape index (κ1) is 11.8. The average Bonchev–Trinajstić information content (AvgIpc) is 2.12. The van der Waals surface area contributed by atoms with Crippen LogP contribution in [0.15, 0.2) is 18.2 Å². The van der Waals surface area contributed by atoms with Crippen LogP contribution in [0.1, 0.15) is 28.4 Å². The zero-order valence-electron chi connectivity index (χ0n) is 10.5. The number of benzene rings is 1. The Balaban J connectivity index is 2.09. The molecule has 1 saturated heterocycles. The fourth-order valence-electron chi connectivity index (χ4n) is 2.18. The lowest BCUT2D eigenvalue weighted by atomic mass is 9.94. The second kappa shape index (κ2) is 4.32. The minimum absolute atomic E-state index is 0.0364. The predicted molar refractivity (Wildman–Crippen MR) is 66.0 cm³/mol. The molecule has 0 radical (unpaired) electrons. The lowest BCUT2D eigenvalue weighted by molar-refractivity contribution is -0.124. The van der Waals surface area contributed by atoms with Gasteiger partial charge < -0.3 is 4.90 Å². The second-order valence-corrected chi connectivity index (χ2v) is 4.89. The monoisotopic (exact) mass is 231 g/mol. The summed E-state index contributed by atoms with van der Waals surface area (Å²) in [5.41, 5.74) is 2.92. The lowest BCUT2D eigenvalue weighted by Crippen LogP contribution is -2.52. The minimum Gasteiger partial charge on any atom is -0.337 e. The summed E-state index contributed by atoms with van der Waals surface area (Å²) in [6.45, 7) is 6.70. The average molecular weight is 231 g/mol. The smallest absolute Gasteiger partial charge is 0.253 e. The van der Waals surface area contributed by atoms with Crippen LogP contribution >= 0.6 is 0 Å². The SMILES string of the molecule is CC(=O)C1CN(C(=O)c2cc(C)cc(C)c2)C1. The maximum Gasteiger partial charge on any atom is 0.253 e. The number of carbonyl (C=O) groups excluding carboxylic acids is 2. The Hall–Kier alpha value is -1.64. The number of aryl methyl sites for hydroxylation is 2. The van der Waals surface area contributed by atoms with Crippen LogP contribution in [0.2, 0.25) is 0 Å². The standard InChI is InChI=1S/C14H17NO2/c1-9-4-10(2)6-12(5-9)14(17)15-7-13(8-15)11(3)16/h4-6,13H,7-8H2,1-3H3. The van der Waals surface area contributed by atoms with E-state index in [1.807, 2.05) is 32.0 Å². The number of likely N-dealkylation sites (tertiary alicyclic amines) is 1. The summed E-state index contributed by atoms with van der Waals surface area (Å²) in [6.07, 6.45) is 0. The van der Waals surface area contributed by atoms with Crippen LogP contribution in [0.5, 0.6) is 0 Å². The number of ketones is 1. The van der Waals surface area contributed by atoms with Gasteiger partial charge in [-0.1, -0.05) is 17.2 Å². The molecule has 1 heterocycles. The van der Waals surface area contributed by atoms with Crippen molar-refractivity contribution < 1.29 is 9.59 Å². The quantitative estimate of drug-likeness (QED) is 0.780. The van der Waals surface area contributed by atoms with Gasteiger partial charge in [-0.2, -0.15) is 0 Å². The molecule has 0 unspecified atom stereocenters. The molecule has 0 aliphatic carbocycles. The van der Waals surface area contributed by atoms with Crippen molar-refractivity contribution in [3.05, 3.63) is 34.9 Å². The molecule has 1 aliphatic heterocycles. The first-order chi connectivity index (χ1) is 7.97. The van der Waals surface area contributed by atoms with Crippen molar-refractivity contribution in [3.8, 4) is 0 Å². The summed E-state index contributed by atoms with van der Waals surface area (Å²) in [5.74, 6) is 0.258. The van der Waals surface area contributed by atoms with Crippen molar-refractivity contribution in [2.24, 2.45) is 5.92 Å². The van der Waals surface area contributed by atoms with Crippen LogP contribution < -0.4 is 0 Å². The largest absolute Gasteiger partial charge is 0.337 e. The summed E-state index contributed by atoms with van der Waals surface area (Å²) >= 11 is 0. The molecule has 1 amide bonds. The van der Waals surface area contributed by atoms with Crippen molar-refractivity contribution in [2.45, 2.75) is 20.8 Å². The van der Waals surface area contributed by atoms with E-state index in [-0.39, 0.29) is 17.6 Å².